The molecule has 0 N–H and O–H groups in total. The highest BCUT2D eigenvalue weighted by Crippen LogP contribution is 2.27. The van der Waals surface area contributed by atoms with E-state index in [1.165, 1.54) is 0 Å². The summed E-state index contributed by atoms with van der Waals surface area (Å²) in [5.41, 5.74) is 1.97. The highest BCUT2D eigenvalue weighted by Gasteiger charge is 2.29. The van der Waals surface area contributed by atoms with E-state index in [0.29, 0.717) is 39.4 Å². The Morgan fingerprint density at radius 3 is 2.00 bits per heavy atom. The fourth-order valence-corrected chi connectivity index (χ4v) is 3.73. The van der Waals surface area contributed by atoms with Gasteiger partial charge in [-0.1, -0.05) is 60.7 Å². The number of hydrogen-bond donors (Lipinski definition) is 0. The molecule has 30 heavy (non-hydrogen) atoms. The molecule has 1 fully saturated rings. The normalized spacial score (nSPS) is 14.6. The fourth-order valence-electron chi connectivity index (χ4n) is 3.73. The van der Waals surface area contributed by atoms with Crippen molar-refractivity contribution in [3.05, 3.63) is 71.8 Å². The lowest BCUT2D eigenvalue weighted by Gasteiger charge is -2.27. The van der Waals surface area contributed by atoms with Crippen LogP contribution in [-0.4, -0.2) is 74.7 Å². The summed E-state index contributed by atoms with van der Waals surface area (Å²) in [4.78, 5) is 29.7. The fraction of sp³-hybridized carbons (Fsp3) is 0.417. The lowest BCUT2D eigenvalue weighted by molar-refractivity contribution is -0.137. The Morgan fingerprint density at radius 1 is 0.833 bits per heavy atom. The zero-order valence-corrected chi connectivity index (χ0v) is 17.5. The van der Waals surface area contributed by atoms with E-state index in [4.69, 9.17) is 9.47 Å². The molecule has 2 amide bonds. The van der Waals surface area contributed by atoms with Gasteiger partial charge in [0, 0.05) is 33.3 Å². The molecule has 2 aromatic rings. The van der Waals surface area contributed by atoms with Crippen LogP contribution in [0.4, 0.5) is 0 Å². The van der Waals surface area contributed by atoms with Gasteiger partial charge in [-0.15, -0.1) is 0 Å². The van der Waals surface area contributed by atoms with E-state index in [1.54, 1.807) is 12.0 Å². The second kappa shape index (κ2) is 11.5. The smallest absolute Gasteiger partial charge is 0.248 e. The van der Waals surface area contributed by atoms with Crippen LogP contribution in [0.15, 0.2) is 60.7 Å². The van der Waals surface area contributed by atoms with E-state index in [9.17, 15) is 9.59 Å². The number of methoxy groups -OCH3 is 1. The van der Waals surface area contributed by atoms with Gasteiger partial charge >= 0.3 is 0 Å². The van der Waals surface area contributed by atoms with Gasteiger partial charge < -0.3 is 19.3 Å². The SMILES string of the molecule is COCCOCC(=O)N1CCCN(C(=O)C(c2ccccc2)c2ccccc2)CC1. The maximum Gasteiger partial charge on any atom is 0.248 e. The third kappa shape index (κ3) is 5.90. The Kier molecular flexibility index (Phi) is 8.41. The van der Waals surface area contributed by atoms with Crippen LogP contribution in [0.3, 0.4) is 0 Å². The first-order valence-corrected chi connectivity index (χ1v) is 10.4. The van der Waals surface area contributed by atoms with Crippen molar-refractivity contribution in [3.8, 4) is 0 Å². The number of carbonyl (C=O) groups excluding carboxylic acids is 2. The molecule has 3 rings (SSSR count). The van der Waals surface area contributed by atoms with Crippen molar-refractivity contribution < 1.29 is 19.1 Å². The molecule has 1 heterocycles. The van der Waals surface area contributed by atoms with Crippen LogP contribution >= 0.6 is 0 Å². The number of amides is 2. The monoisotopic (exact) mass is 410 g/mol. The summed E-state index contributed by atoms with van der Waals surface area (Å²) >= 11 is 0. The number of carbonyl (C=O) groups is 2. The minimum atomic E-state index is -0.341. The molecule has 0 aromatic heterocycles. The maximum atomic E-state index is 13.6. The Morgan fingerprint density at radius 2 is 1.40 bits per heavy atom. The number of benzene rings is 2. The first-order valence-electron chi connectivity index (χ1n) is 10.4. The van der Waals surface area contributed by atoms with Crippen LogP contribution < -0.4 is 0 Å². The zero-order chi connectivity index (χ0) is 21.2. The number of hydrogen-bond acceptors (Lipinski definition) is 4. The minimum absolute atomic E-state index is 0.0388. The Labute approximate surface area is 178 Å². The zero-order valence-electron chi connectivity index (χ0n) is 17.5. The number of ether oxygens (including phenoxy) is 2. The molecule has 1 aliphatic rings. The van der Waals surface area contributed by atoms with Gasteiger partial charge in [-0.3, -0.25) is 9.59 Å². The van der Waals surface area contributed by atoms with Crippen molar-refractivity contribution in [2.45, 2.75) is 12.3 Å². The molecule has 6 nitrogen and oxygen atoms in total. The van der Waals surface area contributed by atoms with Crippen LogP contribution in [0, 0.1) is 0 Å². The predicted octanol–water partition coefficient (Wildman–Crippen LogP) is 2.54. The van der Waals surface area contributed by atoms with Crippen molar-refractivity contribution in [3.63, 3.8) is 0 Å². The second-order valence-corrected chi connectivity index (χ2v) is 7.36. The van der Waals surface area contributed by atoms with Crippen molar-refractivity contribution >= 4 is 11.8 Å². The third-order valence-corrected chi connectivity index (χ3v) is 5.33. The molecule has 160 valence electrons. The topological polar surface area (TPSA) is 59.1 Å². The molecular weight excluding hydrogens is 380 g/mol. The molecule has 0 atom stereocenters. The van der Waals surface area contributed by atoms with Gasteiger partial charge in [0.15, 0.2) is 0 Å². The van der Waals surface area contributed by atoms with Crippen LogP contribution in [-0.2, 0) is 19.1 Å². The summed E-state index contributed by atoms with van der Waals surface area (Å²) in [6.45, 7) is 3.24. The Balaban J connectivity index is 1.67. The lowest BCUT2D eigenvalue weighted by Crippen LogP contribution is -2.40. The molecule has 0 saturated carbocycles. The molecule has 0 unspecified atom stereocenters. The molecule has 0 radical (unpaired) electrons. The standard InChI is InChI=1S/C24H30N2O4/c1-29-17-18-30-19-22(27)25-13-8-14-26(16-15-25)24(28)23(20-9-4-2-5-10-20)21-11-6-3-7-12-21/h2-7,9-12,23H,8,13-19H2,1H3. The van der Waals surface area contributed by atoms with Gasteiger partial charge in [-0.05, 0) is 17.5 Å². The predicted molar refractivity (Wildman–Crippen MR) is 115 cm³/mol. The quantitative estimate of drug-likeness (QED) is 0.628. The van der Waals surface area contributed by atoms with Crippen molar-refractivity contribution in [2.75, 3.05) is 53.1 Å². The van der Waals surface area contributed by atoms with Crippen LogP contribution in [0.25, 0.3) is 0 Å². The summed E-state index contributed by atoms with van der Waals surface area (Å²) in [6.07, 6.45) is 0.756. The Hall–Kier alpha value is -2.70. The highest BCUT2D eigenvalue weighted by molar-refractivity contribution is 5.87. The second-order valence-electron chi connectivity index (χ2n) is 7.36. The van der Waals surface area contributed by atoms with Crippen LogP contribution in [0.5, 0.6) is 0 Å². The molecular formula is C24H30N2O4. The average molecular weight is 411 g/mol. The third-order valence-electron chi connectivity index (χ3n) is 5.33. The van der Waals surface area contributed by atoms with Gasteiger partial charge in [0.25, 0.3) is 0 Å². The molecule has 1 saturated heterocycles. The van der Waals surface area contributed by atoms with E-state index >= 15 is 0 Å². The van der Waals surface area contributed by atoms with Crippen LogP contribution in [0.2, 0.25) is 0 Å². The number of rotatable bonds is 8. The van der Waals surface area contributed by atoms with E-state index in [-0.39, 0.29) is 24.3 Å². The molecule has 0 aliphatic carbocycles. The van der Waals surface area contributed by atoms with Crippen molar-refractivity contribution in [2.24, 2.45) is 0 Å². The molecule has 6 heteroatoms. The van der Waals surface area contributed by atoms with Crippen LogP contribution in [0.1, 0.15) is 23.5 Å². The molecule has 0 bridgehead atoms. The van der Waals surface area contributed by atoms with E-state index in [1.807, 2.05) is 65.6 Å². The lowest BCUT2D eigenvalue weighted by atomic mass is 9.90. The van der Waals surface area contributed by atoms with Gasteiger partial charge in [-0.2, -0.15) is 0 Å². The average Bonchev–Trinajstić information content (AvgIpc) is 3.05. The largest absolute Gasteiger partial charge is 0.382 e. The first-order chi connectivity index (χ1) is 14.7. The first kappa shape index (κ1) is 22.0. The minimum Gasteiger partial charge on any atom is -0.382 e. The van der Waals surface area contributed by atoms with Gasteiger partial charge in [0.05, 0.1) is 19.1 Å². The summed E-state index contributed by atoms with van der Waals surface area (Å²) in [5, 5.41) is 0. The van der Waals surface area contributed by atoms with Crippen molar-refractivity contribution in [1.82, 2.24) is 9.80 Å². The summed E-state index contributed by atoms with van der Waals surface area (Å²) < 4.78 is 10.3. The molecule has 1 aliphatic heterocycles. The van der Waals surface area contributed by atoms with E-state index < -0.39 is 0 Å². The van der Waals surface area contributed by atoms with Gasteiger partial charge in [0.2, 0.25) is 11.8 Å². The summed E-state index contributed by atoms with van der Waals surface area (Å²) in [5.74, 6) is -0.298. The van der Waals surface area contributed by atoms with E-state index in [2.05, 4.69) is 0 Å². The van der Waals surface area contributed by atoms with Gasteiger partial charge in [-0.25, -0.2) is 0 Å². The van der Waals surface area contributed by atoms with Gasteiger partial charge in [0.1, 0.15) is 6.61 Å². The Bertz CT molecular complexity index is 758. The molecule has 0 spiro atoms. The molecule has 2 aromatic carbocycles. The number of nitrogens with zero attached hydrogens (tertiary/aromatic N) is 2. The van der Waals surface area contributed by atoms with Crippen molar-refractivity contribution in [1.29, 1.82) is 0 Å². The van der Waals surface area contributed by atoms with E-state index in [0.717, 1.165) is 17.5 Å². The highest BCUT2D eigenvalue weighted by atomic mass is 16.5. The summed E-state index contributed by atoms with van der Waals surface area (Å²) in [6, 6.07) is 19.8. The maximum absolute atomic E-state index is 13.6. The summed E-state index contributed by atoms with van der Waals surface area (Å²) in [7, 11) is 1.60.